The molecule has 0 aliphatic carbocycles. The highest BCUT2D eigenvalue weighted by molar-refractivity contribution is 5.91. The molecule has 0 spiro atoms. The van der Waals surface area contributed by atoms with Crippen molar-refractivity contribution in [2.24, 2.45) is 5.73 Å². The maximum atomic E-state index is 13.4. The summed E-state index contributed by atoms with van der Waals surface area (Å²) in [4.78, 5) is 21.1. The molecule has 1 amide bonds. The highest BCUT2D eigenvalue weighted by atomic mass is 19.1. The smallest absolute Gasteiger partial charge is 0.307 e. The molecule has 0 heterocycles. The monoisotopic (exact) mass is 287 g/mol. The van der Waals surface area contributed by atoms with E-state index < -0.39 is 39.4 Å². The average molecular weight is 287 g/mol. The van der Waals surface area contributed by atoms with Crippen LogP contribution >= 0.6 is 0 Å². The molecule has 0 unspecified atom stereocenters. The van der Waals surface area contributed by atoms with Crippen LogP contribution in [0.3, 0.4) is 0 Å². The second-order valence-corrected chi connectivity index (χ2v) is 5.08. The third-order valence-electron chi connectivity index (χ3n) is 2.50. The highest BCUT2D eigenvalue weighted by Gasteiger charge is 2.20. The number of nitro benzene ring substituents is 1. The van der Waals surface area contributed by atoms with E-state index >= 15 is 0 Å². The Morgan fingerprint density at radius 2 is 2.00 bits per heavy atom. The Morgan fingerprint density at radius 3 is 2.50 bits per heavy atom. The van der Waals surface area contributed by atoms with Gasteiger partial charge in [-0.15, -0.1) is 0 Å². The van der Waals surface area contributed by atoms with Crippen molar-refractivity contribution in [1.82, 2.24) is 0 Å². The average Bonchev–Trinajstić information content (AvgIpc) is 2.28. The van der Waals surface area contributed by atoms with Crippen LogP contribution in [0.5, 0.6) is 0 Å². The fraction of sp³-hybridized carbons (Fsp3) is 0.417. The van der Waals surface area contributed by atoms with Gasteiger partial charge in [-0.1, -0.05) is 0 Å². The summed E-state index contributed by atoms with van der Waals surface area (Å²) in [5, 5.41) is 12.7. The first-order valence-corrected chi connectivity index (χ1v) is 5.82. The van der Waals surface area contributed by atoms with Crippen molar-refractivity contribution in [2.75, 3.05) is 5.32 Å². The number of nitrogens with one attached hydrogen (secondary N) is 1. The zero-order chi connectivity index (χ0) is 15.5. The molecule has 3 N–H and O–H groups in total. The lowest BCUT2D eigenvalue weighted by atomic mass is 10.00. The molecular formula is C12H15F2N3O3. The first kappa shape index (κ1) is 16.0. The Labute approximate surface area is 114 Å². The number of hydrogen-bond donors (Lipinski definition) is 2. The molecule has 1 aromatic rings. The number of carbonyl (C=O) groups is 1. The number of amides is 1. The SMILES string of the molecule is CC(C)(N)CCC(=O)Nc1cc([N+](=O)[O-])c(F)cc1F. The molecule has 20 heavy (non-hydrogen) atoms. The Balaban J connectivity index is 2.85. The molecule has 1 aromatic carbocycles. The van der Waals surface area contributed by atoms with Crippen molar-refractivity contribution >= 4 is 17.3 Å². The summed E-state index contributed by atoms with van der Waals surface area (Å²) in [5.74, 6) is -2.93. The molecule has 0 saturated heterocycles. The number of nitrogens with zero attached hydrogens (tertiary/aromatic N) is 1. The van der Waals surface area contributed by atoms with E-state index in [1.165, 1.54) is 0 Å². The predicted molar refractivity (Wildman–Crippen MR) is 69.1 cm³/mol. The number of hydrogen-bond acceptors (Lipinski definition) is 4. The lowest BCUT2D eigenvalue weighted by molar-refractivity contribution is -0.387. The summed E-state index contributed by atoms with van der Waals surface area (Å²) >= 11 is 0. The molecule has 0 saturated carbocycles. The molecule has 0 radical (unpaired) electrons. The van der Waals surface area contributed by atoms with Gasteiger partial charge in [0.25, 0.3) is 0 Å². The minimum Gasteiger partial charge on any atom is -0.326 e. The maximum absolute atomic E-state index is 13.4. The first-order chi connectivity index (χ1) is 9.10. The van der Waals surface area contributed by atoms with E-state index in [4.69, 9.17) is 5.73 Å². The van der Waals surface area contributed by atoms with Gasteiger partial charge >= 0.3 is 5.69 Å². The fourth-order valence-corrected chi connectivity index (χ4v) is 1.42. The van der Waals surface area contributed by atoms with Crippen LogP contribution in [0.25, 0.3) is 0 Å². The number of halogens is 2. The minimum absolute atomic E-state index is 0.0219. The zero-order valence-corrected chi connectivity index (χ0v) is 11.1. The van der Waals surface area contributed by atoms with Gasteiger partial charge in [0.1, 0.15) is 5.82 Å². The van der Waals surface area contributed by atoms with Crippen molar-refractivity contribution in [3.05, 3.63) is 33.9 Å². The Kier molecular flexibility index (Phi) is 4.72. The van der Waals surface area contributed by atoms with Crippen LogP contribution in [0.2, 0.25) is 0 Å². The minimum atomic E-state index is -1.30. The van der Waals surface area contributed by atoms with Gasteiger partial charge in [0.2, 0.25) is 11.7 Å². The van der Waals surface area contributed by atoms with Crippen molar-refractivity contribution in [3.8, 4) is 0 Å². The van der Waals surface area contributed by atoms with Crippen LogP contribution < -0.4 is 11.1 Å². The van der Waals surface area contributed by atoms with Crippen LogP contribution in [0.4, 0.5) is 20.2 Å². The van der Waals surface area contributed by atoms with Crippen molar-refractivity contribution in [3.63, 3.8) is 0 Å². The fourth-order valence-electron chi connectivity index (χ4n) is 1.42. The third kappa shape index (κ3) is 4.54. The third-order valence-corrected chi connectivity index (χ3v) is 2.50. The molecule has 0 fully saturated rings. The van der Waals surface area contributed by atoms with E-state index in [0.29, 0.717) is 18.6 Å². The van der Waals surface area contributed by atoms with Crippen molar-refractivity contribution < 1.29 is 18.5 Å². The molecule has 110 valence electrons. The van der Waals surface area contributed by atoms with Crippen LogP contribution in [0, 0.1) is 21.7 Å². The van der Waals surface area contributed by atoms with E-state index in [1.807, 2.05) is 0 Å². The van der Waals surface area contributed by atoms with Crippen LogP contribution in [0.1, 0.15) is 26.7 Å². The number of anilines is 1. The summed E-state index contributed by atoms with van der Waals surface area (Å²) < 4.78 is 26.5. The quantitative estimate of drug-likeness (QED) is 0.641. The molecule has 0 bridgehead atoms. The topological polar surface area (TPSA) is 98.3 Å². The summed E-state index contributed by atoms with van der Waals surface area (Å²) in [7, 11) is 0. The molecule has 1 rings (SSSR count). The van der Waals surface area contributed by atoms with Gasteiger partial charge in [0.15, 0.2) is 0 Å². The lowest BCUT2D eigenvalue weighted by Gasteiger charge is -2.17. The number of carbonyl (C=O) groups excluding carboxylic acids is 1. The van der Waals surface area contributed by atoms with Gasteiger partial charge in [-0.25, -0.2) is 4.39 Å². The molecule has 0 aromatic heterocycles. The van der Waals surface area contributed by atoms with Gasteiger partial charge in [0, 0.05) is 24.1 Å². The maximum Gasteiger partial charge on any atom is 0.307 e. The van der Waals surface area contributed by atoms with Crippen molar-refractivity contribution in [2.45, 2.75) is 32.2 Å². The highest BCUT2D eigenvalue weighted by Crippen LogP contribution is 2.25. The van der Waals surface area contributed by atoms with E-state index in [-0.39, 0.29) is 6.42 Å². The second-order valence-electron chi connectivity index (χ2n) is 5.08. The first-order valence-electron chi connectivity index (χ1n) is 5.82. The van der Waals surface area contributed by atoms with Gasteiger partial charge in [-0.05, 0) is 20.3 Å². The largest absolute Gasteiger partial charge is 0.326 e. The standard InChI is InChI=1S/C12H15F2N3O3/c1-12(2,15)4-3-11(18)16-9-6-10(17(19)20)8(14)5-7(9)13/h5-6H,3-4,15H2,1-2H3,(H,16,18). The molecule has 0 atom stereocenters. The van der Waals surface area contributed by atoms with Crippen molar-refractivity contribution in [1.29, 1.82) is 0 Å². The molecule has 6 nitrogen and oxygen atoms in total. The van der Waals surface area contributed by atoms with Gasteiger partial charge in [-0.3, -0.25) is 14.9 Å². The number of nitrogens with two attached hydrogens (primary N) is 1. The van der Waals surface area contributed by atoms with E-state index in [9.17, 15) is 23.7 Å². The number of benzene rings is 1. The zero-order valence-electron chi connectivity index (χ0n) is 11.1. The van der Waals surface area contributed by atoms with Gasteiger partial charge < -0.3 is 11.1 Å². The molecule has 0 aliphatic rings. The van der Waals surface area contributed by atoms with Crippen LogP contribution in [0.15, 0.2) is 12.1 Å². The Hall–Kier alpha value is -2.09. The lowest BCUT2D eigenvalue weighted by Crippen LogP contribution is -2.33. The van der Waals surface area contributed by atoms with Gasteiger partial charge in [-0.2, -0.15) is 4.39 Å². The molecule has 8 heteroatoms. The van der Waals surface area contributed by atoms with E-state index in [2.05, 4.69) is 5.32 Å². The van der Waals surface area contributed by atoms with Crippen LogP contribution in [-0.2, 0) is 4.79 Å². The summed E-state index contributed by atoms with van der Waals surface area (Å²) in [6, 6.07) is 1.01. The van der Waals surface area contributed by atoms with Gasteiger partial charge in [0.05, 0.1) is 10.6 Å². The Bertz CT molecular complexity index is 541. The Morgan fingerprint density at radius 1 is 1.40 bits per heavy atom. The summed E-state index contributed by atoms with van der Waals surface area (Å²) in [5.41, 5.74) is 3.80. The van der Waals surface area contributed by atoms with E-state index in [0.717, 1.165) is 0 Å². The van der Waals surface area contributed by atoms with E-state index in [1.54, 1.807) is 13.8 Å². The molecule has 0 aliphatic heterocycles. The molecular weight excluding hydrogens is 272 g/mol. The normalized spacial score (nSPS) is 11.2. The van der Waals surface area contributed by atoms with Crippen LogP contribution in [-0.4, -0.2) is 16.4 Å². The summed E-state index contributed by atoms with van der Waals surface area (Å²) in [6.45, 7) is 3.45. The second kappa shape index (κ2) is 5.91. The summed E-state index contributed by atoms with van der Waals surface area (Å²) in [6.07, 6.45) is 0.373. The number of rotatable bonds is 5. The number of nitro groups is 1. The predicted octanol–water partition coefficient (Wildman–Crippen LogP) is 2.33.